The second kappa shape index (κ2) is 12.5. The zero-order chi connectivity index (χ0) is 18.9. The average Bonchev–Trinajstić information content (AvgIpc) is 3.17. The lowest BCUT2D eigenvalue weighted by atomic mass is 10.1. The lowest BCUT2D eigenvalue weighted by Gasteiger charge is -2.27. The van der Waals surface area contributed by atoms with E-state index < -0.39 is 0 Å². The first-order valence-electron chi connectivity index (χ1n) is 9.61. The van der Waals surface area contributed by atoms with Gasteiger partial charge in [0.1, 0.15) is 12.4 Å². The zero-order valence-corrected chi connectivity index (χ0v) is 19.7. The van der Waals surface area contributed by atoms with E-state index in [1.54, 1.807) is 7.11 Å². The molecule has 1 fully saturated rings. The van der Waals surface area contributed by atoms with E-state index in [1.807, 2.05) is 18.5 Å². The molecule has 1 aliphatic rings. The number of methoxy groups -OCH3 is 1. The predicted octanol–water partition coefficient (Wildman–Crippen LogP) is 1.54. The second-order valence-corrected chi connectivity index (χ2v) is 7.37. The van der Waals surface area contributed by atoms with E-state index in [0.29, 0.717) is 25.1 Å². The minimum Gasteiger partial charge on any atom is -0.383 e. The van der Waals surface area contributed by atoms with Crippen molar-refractivity contribution in [2.75, 3.05) is 39.9 Å². The number of hydrogen-bond acceptors (Lipinski definition) is 5. The fourth-order valence-electron chi connectivity index (χ4n) is 3.23. The molecule has 0 unspecified atom stereocenters. The van der Waals surface area contributed by atoms with Crippen LogP contribution in [0.2, 0.25) is 0 Å². The number of aryl methyl sites for hydroxylation is 1. The van der Waals surface area contributed by atoms with Crippen LogP contribution in [-0.4, -0.2) is 71.6 Å². The van der Waals surface area contributed by atoms with Gasteiger partial charge in [-0.05, 0) is 32.2 Å². The number of halogens is 1. The zero-order valence-electron chi connectivity index (χ0n) is 17.4. The van der Waals surface area contributed by atoms with Gasteiger partial charge in [0.05, 0.1) is 6.61 Å². The molecule has 2 N–H and O–H groups in total. The SMILES string of the molecule is COCCNC(=NCc1nnc(C)n1C)NC[C@H]1CCCN1CC(C)C.I. The van der Waals surface area contributed by atoms with Crippen LogP contribution < -0.4 is 10.6 Å². The van der Waals surface area contributed by atoms with Crippen LogP contribution in [0.1, 0.15) is 38.3 Å². The number of aliphatic imine (C=N–C) groups is 1. The Morgan fingerprint density at radius 2 is 2.11 bits per heavy atom. The normalized spacial score (nSPS) is 18.0. The maximum Gasteiger partial charge on any atom is 0.191 e. The molecule has 2 rings (SSSR count). The Hall–Kier alpha value is -0.940. The van der Waals surface area contributed by atoms with Gasteiger partial charge < -0.3 is 19.9 Å². The molecular weight excluding hydrogens is 457 g/mol. The topological polar surface area (TPSA) is 79.6 Å². The van der Waals surface area contributed by atoms with Crippen LogP contribution in [0.3, 0.4) is 0 Å². The molecular formula is C18H36IN7O. The summed E-state index contributed by atoms with van der Waals surface area (Å²) in [7, 11) is 3.67. The van der Waals surface area contributed by atoms with E-state index in [9.17, 15) is 0 Å². The monoisotopic (exact) mass is 493 g/mol. The molecule has 0 aliphatic carbocycles. The van der Waals surface area contributed by atoms with Crippen LogP contribution >= 0.6 is 24.0 Å². The molecule has 1 aliphatic heterocycles. The molecule has 0 amide bonds. The van der Waals surface area contributed by atoms with Crippen LogP contribution in [0.25, 0.3) is 0 Å². The number of aromatic nitrogens is 3. The van der Waals surface area contributed by atoms with E-state index in [1.165, 1.54) is 19.4 Å². The fourth-order valence-corrected chi connectivity index (χ4v) is 3.23. The Kier molecular flexibility index (Phi) is 11.2. The van der Waals surface area contributed by atoms with Gasteiger partial charge in [0.2, 0.25) is 0 Å². The molecule has 0 radical (unpaired) electrons. The third-order valence-electron chi connectivity index (χ3n) is 4.76. The number of nitrogens with zero attached hydrogens (tertiary/aromatic N) is 5. The lowest BCUT2D eigenvalue weighted by molar-refractivity contribution is 0.203. The highest BCUT2D eigenvalue weighted by atomic mass is 127. The summed E-state index contributed by atoms with van der Waals surface area (Å²) in [4.78, 5) is 7.28. The number of hydrogen-bond donors (Lipinski definition) is 2. The highest BCUT2D eigenvalue weighted by Gasteiger charge is 2.24. The largest absolute Gasteiger partial charge is 0.383 e. The van der Waals surface area contributed by atoms with Gasteiger partial charge in [-0.2, -0.15) is 0 Å². The maximum absolute atomic E-state index is 5.14. The quantitative estimate of drug-likeness (QED) is 0.235. The summed E-state index contributed by atoms with van der Waals surface area (Å²) in [6.45, 7) is 11.6. The van der Waals surface area contributed by atoms with Crippen molar-refractivity contribution in [2.45, 2.75) is 46.2 Å². The molecule has 27 heavy (non-hydrogen) atoms. The molecule has 0 saturated carbocycles. The van der Waals surface area contributed by atoms with Crippen molar-refractivity contribution in [2.24, 2.45) is 18.0 Å². The van der Waals surface area contributed by atoms with Gasteiger partial charge in [0, 0.05) is 39.8 Å². The maximum atomic E-state index is 5.14. The Morgan fingerprint density at radius 3 is 2.74 bits per heavy atom. The molecule has 2 heterocycles. The number of rotatable bonds is 9. The van der Waals surface area contributed by atoms with Gasteiger partial charge in [-0.3, -0.25) is 4.90 Å². The molecule has 156 valence electrons. The van der Waals surface area contributed by atoms with Gasteiger partial charge in [-0.1, -0.05) is 13.8 Å². The summed E-state index contributed by atoms with van der Waals surface area (Å²) >= 11 is 0. The number of ether oxygens (including phenoxy) is 1. The van der Waals surface area contributed by atoms with Crippen LogP contribution in [0.15, 0.2) is 4.99 Å². The fraction of sp³-hybridized carbons (Fsp3) is 0.833. The molecule has 1 atom stereocenters. The first kappa shape index (κ1) is 24.1. The van der Waals surface area contributed by atoms with Crippen LogP contribution in [0.4, 0.5) is 0 Å². The molecule has 0 aromatic carbocycles. The summed E-state index contributed by atoms with van der Waals surface area (Å²) in [5.41, 5.74) is 0. The average molecular weight is 493 g/mol. The lowest BCUT2D eigenvalue weighted by Crippen LogP contribution is -2.46. The van der Waals surface area contributed by atoms with Crippen LogP contribution in [-0.2, 0) is 18.3 Å². The highest BCUT2D eigenvalue weighted by molar-refractivity contribution is 14.0. The molecule has 9 heteroatoms. The van der Waals surface area contributed by atoms with Crippen LogP contribution in [0.5, 0.6) is 0 Å². The summed E-state index contributed by atoms with van der Waals surface area (Å²) in [6, 6.07) is 0.573. The Bertz CT molecular complexity index is 576. The first-order chi connectivity index (χ1) is 12.5. The molecule has 8 nitrogen and oxygen atoms in total. The van der Waals surface area contributed by atoms with Gasteiger partial charge in [0.15, 0.2) is 11.8 Å². The van der Waals surface area contributed by atoms with Crippen molar-refractivity contribution < 1.29 is 4.74 Å². The third-order valence-corrected chi connectivity index (χ3v) is 4.76. The molecule has 1 aromatic rings. The van der Waals surface area contributed by atoms with E-state index >= 15 is 0 Å². The Morgan fingerprint density at radius 1 is 1.33 bits per heavy atom. The van der Waals surface area contributed by atoms with E-state index in [4.69, 9.17) is 4.74 Å². The number of nitrogens with one attached hydrogen (secondary N) is 2. The van der Waals surface area contributed by atoms with Crippen molar-refractivity contribution >= 4 is 29.9 Å². The smallest absolute Gasteiger partial charge is 0.191 e. The summed E-state index contributed by atoms with van der Waals surface area (Å²) in [5.74, 6) is 3.26. The standard InChI is InChI=1S/C18H35N7O.HI/c1-14(2)13-25-9-6-7-16(25)11-20-18(19-8-10-26-5)21-12-17-23-22-15(3)24(17)4;/h14,16H,6-13H2,1-5H3,(H2,19,20,21);1H/t16-;/m1./s1. The Labute approximate surface area is 180 Å². The number of guanidine groups is 1. The second-order valence-electron chi connectivity index (χ2n) is 7.37. The van der Waals surface area contributed by atoms with Gasteiger partial charge in [-0.25, -0.2) is 4.99 Å². The van der Waals surface area contributed by atoms with Gasteiger partial charge >= 0.3 is 0 Å². The molecule has 1 saturated heterocycles. The van der Waals surface area contributed by atoms with E-state index in [-0.39, 0.29) is 24.0 Å². The highest BCUT2D eigenvalue weighted by Crippen LogP contribution is 2.17. The minimum atomic E-state index is 0. The minimum absolute atomic E-state index is 0. The van der Waals surface area contributed by atoms with E-state index in [2.05, 4.69) is 44.6 Å². The summed E-state index contributed by atoms with van der Waals surface area (Å²) < 4.78 is 7.11. The third kappa shape index (κ3) is 7.90. The molecule has 0 spiro atoms. The van der Waals surface area contributed by atoms with Crippen molar-refractivity contribution in [1.82, 2.24) is 30.3 Å². The van der Waals surface area contributed by atoms with Crippen LogP contribution in [0, 0.1) is 12.8 Å². The predicted molar refractivity (Wildman–Crippen MR) is 120 cm³/mol. The molecule has 0 bridgehead atoms. The van der Waals surface area contributed by atoms with Crippen molar-refractivity contribution in [3.8, 4) is 0 Å². The van der Waals surface area contributed by atoms with Crippen molar-refractivity contribution in [1.29, 1.82) is 0 Å². The van der Waals surface area contributed by atoms with Gasteiger partial charge in [-0.15, -0.1) is 34.2 Å². The van der Waals surface area contributed by atoms with E-state index in [0.717, 1.165) is 37.2 Å². The van der Waals surface area contributed by atoms with Gasteiger partial charge in [0.25, 0.3) is 0 Å². The Balaban J connectivity index is 0.00000364. The first-order valence-corrected chi connectivity index (χ1v) is 9.61. The van der Waals surface area contributed by atoms with Crippen molar-refractivity contribution in [3.05, 3.63) is 11.6 Å². The molecule has 1 aromatic heterocycles. The summed E-state index contributed by atoms with van der Waals surface area (Å²) in [6.07, 6.45) is 2.52. The number of likely N-dealkylation sites (tertiary alicyclic amines) is 1. The summed E-state index contributed by atoms with van der Waals surface area (Å²) in [5, 5.41) is 15.1. The van der Waals surface area contributed by atoms with Crippen molar-refractivity contribution in [3.63, 3.8) is 0 Å².